The number of halogens is 3. The summed E-state index contributed by atoms with van der Waals surface area (Å²) in [6.45, 7) is 1.18. The Bertz CT molecular complexity index is 481. The topological polar surface area (TPSA) is 41.6 Å². The average molecular weight is 288 g/mol. The van der Waals surface area contributed by atoms with Crippen LogP contribution in [0.4, 0.5) is 13.2 Å². The van der Waals surface area contributed by atoms with Crippen molar-refractivity contribution in [1.29, 1.82) is 0 Å². The van der Waals surface area contributed by atoms with Crippen molar-refractivity contribution in [3.8, 4) is 0 Å². The van der Waals surface area contributed by atoms with Gasteiger partial charge in [-0.05, 0) is 30.5 Å². The summed E-state index contributed by atoms with van der Waals surface area (Å²) in [6.07, 6.45) is 1.78. The number of hydrazine groups is 1. The van der Waals surface area contributed by atoms with Crippen molar-refractivity contribution < 1.29 is 22.7 Å². The Morgan fingerprint density at radius 1 is 1.30 bits per heavy atom. The second-order valence-electron chi connectivity index (χ2n) is 4.53. The fourth-order valence-electron chi connectivity index (χ4n) is 2.22. The highest BCUT2D eigenvalue weighted by Gasteiger charge is 2.31. The van der Waals surface area contributed by atoms with Gasteiger partial charge in [0, 0.05) is 13.1 Å². The second-order valence-corrected chi connectivity index (χ2v) is 4.53. The van der Waals surface area contributed by atoms with Gasteiger partial charge in [-0.3, -0.25) is 5.43 Å². The molecule has 2 rings (SSSR count). The molecule has 1 saturated heterocycles. The van der Waals surface area contributed by atoms with E-state index >= 15 is 0 Å². The van der Waals surface area contributed by atoms with Crippen LogP contribution in [-0.2, 0) is 9.53 Å². The van der Waals surface area contributed by atoms with Crippen LogP contribution in [0.2, 0.25) is 0 Å². The van der Waals surface area contributed by atoms with Crippen LogP contribution in [0.15, 0.2) is 12.1 Å². The lowest BCUT2D eigenvalue weighted by Gasteiger charge is -2.33. The molecule has 1 aromatic carbocycles. The van der Waals surface area contributed by atoms with Crippen molar-refractivity contribution in [2.24, 2.45) is 0 Å². The maximum atomic E-state index is 13.3. The van der Waals surface area contributed by atoms with E-state index in [4.69, 9.17) is 0 Å². The lowest BCUT2D eigenvalue weighted by molar-refractivity contribution is -0.149. The monoisotopic (exact) mass is 288 g/mol. The van der Waals surface area contributed by atoms with Crippen LogP contribution in [-0.4, -0.2) is 31.2 Å². The highest BCUT2D eigenvalue weighted by atomic mass is 19.2. The number of carbonyl (C=O) groups is 1. The van der Waals surface area contributed by atoms with Gasteiger partial charge in [0.1, 0.15) is 6.04 Å². The number of esters is 1. The molecule has 0 bridgehead atoms. The zero-order valence-corrected chi connectivity index (χ0v) is 11.0. The van der Waals surface area contributed by atoms with Crippen molar-refractivity contribution in [3.05, 3.63) is 35.1 Å². The lowest BCUT2D eigenvalue weighted by Crippen LogP contribution is -2.48. The van der Waals surface area contributed by atoms with Gasteiger partial charge >= 0.3 is 5.97 Å². The van der Waals surface area contributed by atoms with Gasteiger partial charge in [-0.1, -0.05) is 0 Å². The number of carbonyl (C=O) groups excluding carboxylic acids is 1. The fourth-order valence-corrected chi connectivity index (χ4v) is 2.22. The molecule has 4 nitrogen and oxygen atoms in total. The Morgan fingerprint density at radius 2 is 1.95 bits per heavy atom. The molecule has 1 heterocycles. The van der Waals surface area contributed by atoms with Gasteiger partial charge in [-0.25, -0.2) is 23.0 Å². The van der Waals surface area contributed by atoms with Gasteiger partial charge in [0.05, 0.1) is 7.11 Å². The van der Waals surface area contributed by atoms with Crippen molar-refractivity contribution in [2.75, 3.05) is 20.2 Å². The molecule has 1 aromatic rings. The van der Waals surface area contributed by atoms with Crippen LogP contribution in [0.1, 0.15) is 24.4 Å². The maximum absolute atomic E-state index is 13.3. The van der Waals surface area contributed by atoms with Crippen molar-refractivity contribution in [1.82, 2.24) is 10.4 Å². The molecule has 0 spiro atoms. The normalized spacial score (nSPS) is 17.8. The average Bonchev–Trinajstić information content (AvgIpc) is 2.46. The van der Waals surface area contributed by atoms with E-state index < -0.39 is 29.5 Å². The second kappa shape index (κ2) is 6.23. The Hall–Kier alpha value is -1.60. The highest BCUT2D eigenvalue weighted by Crippen LogP contribution is 2.25. The third kappa shape index (κ3) is 2.94. The first-order valence-electron chi connectivity index (χ1n) is 6.27. The summed E-state index contributed by atoms with van der Waals surface area (Å²) >= 11 is 0. The third-order valence-electron chi connectivity index (χ3n) is 3.20. The van der Waals surface area contributed by atoms with Gasteiger partial charge in [0.2, 0.25) is 0 Å². The molecule has 1 aliphatic rings. The first-order valence-corrected chi connectivity index (χ1v) is 6.27. The molecule has 20 heavy (non-hydrogen) atoms. The highest BCUT2D eigenvalue weighted by molar-refractivity contribution is 5.77. The van der Waals surface area contributed by atoms with Crippen LogP contribution in [0.25, 0.3) is 0 Å². The molecule has 0 aromatic heterocycles. The van der Waals surface area contributed by atoms with E-state index in [1.54, 1.807) is 5.01 Å². The smallest absolute Gasteiger partial charge is 0.329 e. The van der Waals surface area contributed by atoms with Crippen LogP contribution in [0, 0.1) is 17.5 Å². The van der Waals surface area contributed by atoms with E-state index in [2.05, 4.69) is 10.2 Å². The van der Waals surface area contributed by atoms with Crippen LogP contribution in [0.5, 0.6) is 0 Å². The number of rotatable bonds is 3. The largest absolute Gasteiger partial charge is 0.468 e. The Labute approximate surface area is 114 Å². The molecular weight excluding hydrogens is 273 g/mol. The van der Waals surface area contributed by atoms with E-state index in [0.717, 1.165) is 25.0 Å². The van der Waals surface area contributed by atoms with Gasteiger partial charge in [0.25, 0.3) is 0 Å². The summed E-state index contributed by atoms with van der Waals surface area (Å²) in [4.78, 5) is 11.9. The summed E-state index contributed by atoms with van der Waals surface area (Å²) < 4.78 is 44.3. The maximum Gasteiger partial charge on any atom is 0.329 e. The molecule has 0 amide bonds. The Morgan fingerprint density at radius 3 is 2.45 bits per heavy atom. The van der Waals surface area contributed by atoms with Gasteiger partial charge in [0.15, 0.2) is 17.5 Å². The van der Waals surface area contributed by atoms with Crippen LogP contribution < -0.4 is 5.43 Å². The summed E-state index contributed by atoms with van der Waals surface area (Å²) in [6, 6.07) is 0.622. The molecule has 7 heteroatoms. The molecule has 1 N–H and O–H groups in total. The molecular formula is C13H15F3N2O2. The van der Waals surface area contributed by atoms with E-state index in [1.807, 2.05) is 0 Å². The molecule has 0 radical (unpaired) electrons. The summed E-state index contributed by atoms with van der Waals surface area (Å²) in [5, 5.41) is 1.56. The van der Waals surface area contributed by atoms with E-state index in [9.17, 15) is 18.0 Å². The SMILES string of the molecule is COC(=O)C(c1cc(F)c(F)c(F)c1)N1CCCCN1. The molecule has 0 aliphatic carbocycles. The first kappa shape index (κ1) is 14.8. The molecule has 1 unspecified atom stereocenters. The Kier molecular flexibility index (Phi) is 4.61. The summed E-state index contributed by atoms with van der Waals surface area (Å²) in [5.74, 6) is -4.87. The van der Waals surface area contributed by atoms with Gasteiger partial charge in [-0.2, -0.15) is 0 Å². The minimum atomic E-state index is -1.55. The first-order chi connectivity index (χ1) is 9.54. The number of benzene rings is 1. The van der Waals surface area contributed by atoms with Gasteiger partial charge < -0.3 is 4.74 Å². The summed E-state index contributed by atoms with van der Waals surface area (Å²) in [7, 11) is 1.19. The fraction of sp³-hybridized carbons (Fsp3) is 0.462. The van der Waals surface area contributed by atoms with Crippen LogP contribution >= 0.6 is 0 Å². The van der Waals surface area contributed by atoms with E-state index in [-0.39, 0.29) is 5.56 Å². The molecule has 0 saturated carbocycles. The number of hydrogen-bond donors (Lipinski definition) is 1. The van der Waals surface area contributed by atoms with Crippen molar-refractivity contribution >= 4 is 5.97 Å². The van der Waals surface area contributed by atoms with E-state index in [1.165, 1.54) is 7.11 Å². The van der Waals surface area contributed by atoms with Crippen molar-refractivity contribution in [2.45, 2.75) is 18.9 Å². The molecule has 1 aliphatic heterocycles. The predicted octanol–water partition coefficient (Wildman–Crippen LogP) is 1.92. The summed E-state index contributed by atoms with van der Waals surface area (Å²) in [5.41, 5.74) is 3.00. The number of nitrogens with zero attached hydrogens (tertiary/aromatic N) is 1. The third-order valence-corrected chi connectivity index (χ3v) is 3.20. The van der Waals surface area contributed by atoms with E-state index in [0.29, 0.717) is 13.1 Å². The standard InChI is InChI=1S/C13H15F3N2O2/c1-20-13(19)12(18-5-3-2-4-17-18)8-6-9(14)11(16)10(15)7-8/h6-7,12,17H,2-5H2,1H3. The predicted molar refractivity (Wildman–Crippen MR) is 65.0 cm³/mol. The number of nitrogens with one attached hydrogen (secondary N) is 1. The molecule has 110 valence electrons. The molecule has 1 fully saturated rings. The number of methoxy groups -OCH3 is 1. The minimum absolute atomic E-state index is 0.0163. The van der Waals surface area contributed by atoms with Crippen LogP contribution in [0.3, 0.4) is 0 Å². The number of ether oxygens (including phenoxy) is 1. The lowest BCUT2D eigenvalue weighted by atomic mass is 10.0. The molecule has 1 atom stereocenters. The Balaban J connectivity index is 2.37. The minimum Gasteiger partial charge on any atom is -0.468 e. The van der Waals surface area contributed by atoms with Crippen molar-refractivity contribution in [3.63, 3.8) is 0 Å². The van der Waals surface area contributed by atoms with Gasteiger partial charge in [-0.15, -0.1) is 0 Å². The zero-order valence-electron chi connectivity index (χ0n) is 11.0. The zero-order chi connectivity index (χ0) is 14.7. The quantitative estimate of drug-likeness (QED) is 0.681. The number of hydrogen-bond acceptors (Lipinski definition) is 4.